The van der Waals surface area contributed by atoms with E-state index < -0.39 is 0 Å². The van der Waals surface area contributed by atoms with Gasteiger partial charge in [-0.3, -0.25) is 9.69 Å². The van der Waals surface area contributed by atoms with E-state index >= 15 is 0 Å². The molecule has 152 valence electrons. The first-order valence-electron chi connectivity index (χ1n) is 10.8. The van der Waals surface area contributed by atoms with Gasteiger partial charge in [-0.1, -0.05) is 12.1 Å². The molecule has 3 aliphatic rings. The molecule has 2 saturated carbocycles. The largest absolute Gasteiger partial charge is 0.353 e. The molecule has 1 saturated heterocycles. The summed E-state index contributed by atoms with van der Waals surface area (Å²) in [6.07, 6.45) is 5.89. The molecule has 1 aliphatic heterocycles. The minimum atomic E-state index is 0.249. The number of nitrogens with zero attached hydrogens (tertiary/aromatic N) is 3. The number of carbonyl (C=O) groups is 1. The number of hydrogen-bond acceptors (Lipinski definition) is 6. The van der Waals surface area contributed by atoms with Crippen molar-refractivity contribution < 1.29 is 9.32 Å². The van der Waals surface area contributed by atoms with Gasteiger partial charge in [0.1, 0.15) is 4.70 Å². The van der Waals surface area contributed by atoms with Crippen molar-refractivity contribution in [3.63, 3.8) is 0 Å². The topological polar surface area (TPSA) is 61.6 Å². The normalized spacial score (nSPS) is 31.2. The van der Waals surface area contributed by atoms with Crippen molar-refractivity contribution in [3.05, 3.63) is 11.4 Å². The van der Waals surface area contributed by atoms with Crippen LogP contribution in [0.25, 0.3) is 10.3 Å². The molecule has 0 unspecified atom stereocenters. The Hall–Kier alpha value is -1.60. The molecule has 3 fully saturated rings. The van der Waals surface area contributed by atoms with Crippen molar-refractivity contribution in [1.82, 2.24) is 15.4 Å². The fourth-order valence-electron chi connectivity index (χ4n) is 4.82. The maximum absolute atomic E-state index is 12.6. The number of amides is 1. The van der Waals surface area contributed by atoms with Crippen LogP contribution in [0.1, 0.15) is 39.0 Å². The number of nitrogens with one attached hydrogen (secondary N) is 1. The van der Waals surface area contributed by atoms with Crippen molar-refractivity contribution in [1.29, 1.82) is 0 Å². The van der Waals surface area contributed by atoms with E-state index in [9.17, 15) is 4.79 Å². The summed E-state index contributed by atoms with van der Waals surface area (Å²) < 4.78 is 6.57. The first kappa shape index (κ1) is 18.4. The van der Waals surface area contributed by atoms with E-state index in [0.29, 0.717) is 17.9 Å². The van der Waals surface area contributed by atoms with Gasteiger partial charge in [-0.25, -0.2) is 0 Å². The zero-order valence-electron chi connectivity index (χ0n) is 16.6. The smallest absolute Gasteiger partial charge is 0.223 e. The van der Waals surface area contributed by atoms with Crippen LogP contribution in [-0.4, -0.2) is 54.7 Å². The Morgan fingerprint density at radius 1 is 1.25 bits per heavy atom. The van der Waals surface area contributed by atoms with E-state index in [2.05, 4.69) is 32.6 Å². The summed E-state index contributed by atoms with van der Waals surface area (Å²) in [6, 6.07) is 2.41. The van der Waals surface area contributed by atoms with Gasteiger partial charge < -0.3 is 14.7 Å². The first-order chi connectivity index (χ1) is 13.7. The maximum Gasteiger partial charge on any atom is 0.223 e. The van der Waals surface area contributed by atoms with Crippen LogP contribution >= 0.6 is 11.3 Å². The highest BCUT2D eigenvalue weighted by Crippen LogP contribution is 2.40. The number of fused-ring (bicyclic) bond motifs is 1. The molecule has 0 aromatic carbocycles. The maximum atomic E-state index is 12.6. The van der Waals surface area contributed by atoms with Gasteiger partial charge in [0, 0.05) is 44.7 Å². The molecule has 2 aromatic rings. The van der Waals surface area contributed by atoms with Crippen LogP contribution in [0.5, 0.6) is 0 Å². The van der Waals surface area contributed by atoms with Gasteiger partial charge in [0.25, 0.3) is 0 Å². The number of anilines is 1. The fourth-order valence-corrected chi connectivity index (χ4v) is 5.65. The highest BCUT2D eigenvalue weighted by molar-refractivity contribution is 7.17. The molecule has 2 aromatic heterocycles. The molecule has 1 N–H and O–H groups in total. The highest BCUT2D eigenvalue weighted by atomic mass is 32.1. The molecular weight excluding hydrogens is 372 g/mol. The third-order valence-corrected chi connectivity index (χ3v) is 7.74. The van der Waals surface area contributed by atoms with Gasteiger partial charge in [0.05, 0.1) is 0 Å². The Balaban J connectivity index is 1.06. The molecule has 0 radical (unpaired) electrons. The van der Waals surface area contributed by atoms with Crippen LogP contribution in [-0.2, 0) is 4.79 Å². The molecule has 28 heavy (non-hydrogen) atoms. The van der Waals surface area contributed by atoms with E-state index in [1.165, 1.54) is 12.8 Å². The van der Waals surface area contributed by atoms with Crippen molar-refractivity contribution >= 4 is 33.3 Å². The number of rotatable bonds is 5. The fraction of sp³-hybridized carbons (Fsp3) is 0.714. The van der Waals surface area contributed by atoms with Crippen LogP contribution < -0.4 is 10.2 Å². The summed E-state index contributed by atoms with van der Waals surface area (Å²) >= 11 is 1.70. The predicted octanol–water partition coefficient (Wildman–Crippen LogP) is 3.34. The standard InChI is InChI=1S/C21H30N4O2S/c1-14-2-4-16(5-3-14)22-21(26)17-12-15(17)13-24-7-9-25(10-8-24)20-19-18(27-23-20)6-11-28-19/h6,11,14-17H,2-5,7-10,12-13H2,1H3,(H,22,26)/t14?,15-,16?,17+/m0/s1. The van der Waals surface area contributed by atoms with Crippen LogP contribution in [0.3, 0.4) is 0 Å². The van der Waals surface area contributed by atoms with Gasteiger partial charge in [0.2, 0.25) is 5.91 Å². The molecule has 6 nitrogen and oxygen atoms in total. The van der Waals surface area contributed by atoms with Crippen molar-refractivity contribution in [2.75, 3.05) is 37.6 Å². The Bertz CT molecular complexity index is 817. The summed E-state index contributed by atoms with van der Waals surface area (Å²) in [5.41, 5.74) is 0.890. The SMILES string of the molecule is CC1CCC(NC(=O)[C@@H]2C[C@H]2CN2CCN(c3noc4ccsc34)CC2)CC1. The van der Waals surface area contributed by atoms with E-state index in [4.69, 9.17) is 4.52 Å². The van der Waals surface area contributed by atoms with Crippen LogP contribution in [0.4, 0.5) is 5.82 Å². The zero-order valence-corrected chi connectivity index (χ0v) is 17.4. The van der Waals surface area contributed by atoms with Crippen molar-refractivity contribution in [2.45, 2.75) is 45.1 Å². The minimum Gasteiger partial charge on any atom is -0.353 e. The van der Waals surface area contributed by atoms with Gasteiger partial charge in [-0.2, -0.15) is 0 Å². The molecule has 0 spiro atoms. The second kappa shape index (κ2) is 7.67. The minimum absolute atomic E-state index is 0.249. The third-order valence-electron chi connectivity index (χ3n) is 6.85. The van der Waals surface area contributed by atoms with E-state index in [1.54, 1.807) is 11.3 Å². The van der Waals surface area contributed by atoms with Gasteiger partial charge in [-0.05, 0) is 55.4 Å². The monoisotopic (exact) mass is 402 g/mol. The number of aromatic nitrogens is 1. The van der Waals surface area contributed by atoms with Crippen molar-refractivity contribution in [2.24, 2.45) is 17.8 Å². The zero-order chi connectivity index (χ0) is 19.1. The number of hydrogen-bond donors (Lipinski definition) is 1. The second-order valence-corrected chi connectivity index (χ2v) is 9.89. The van der Waals surface area contributed by atoms with E-state index in [-0.39, 0.29) is 5.92 Å². The van der Waals surface area contributed by atoms with Crippen LogP contribution in [0, 0.1) is 17.8 Å². The molecule has 7 heteroatoms. The summed E-state index contributed by atoms with van der Waals surface area (Å²) in [7, 11) is 0. The van der Waals surface area contributed by atoms with E-state index in [0.717, 1.165) is 74.0 Å². The van der Waals surface area contributed by atoms with Crippen molar-refractivity contribution in [3.8, 4) is 0 Å². The highest BCUT2D eigenvalue weighted by Gasteiger charge is 2.44. The predicted molar refractivity (Wildman–Crippen MR) is 112 cm³/mol. The molecular formula is C21H30N4O2S. The summed E-state index contributed by atoms with van der Waals surface area (Å²) in [5.74, 6) is 2.93. The first-order valence-corrected chi connectivity index (χ1v) is 11.7. The third kappa shape index (κ3) is 3.79. The molecule has 3 heterocycles. The lowest BCUT2D eigenvalue weighted by atomic mass is 9.87. The van der Waals surface area contributed by atoms with Crippen LogP contribution in [0.2, 0.25) is 0 Å². The number of piperazine rings is 1. The number of carbonyl (C=O) groups excluding carboxylic acids is 1. The number of thiophene rings is 1. The summed E-state index contributed by atoms with van der Waals surface area (Å²) in [5, 5.41) is 9.65. The quantitative estimate of drug-likeness (QED) is 0.831. The molecule has 1 amide bonds. The lowest BCUT2D eigenvalue weighted by Crippen LogP contribution is -2.47. The molecule has 2 atom stereocenters. The average molecular weight is 403 g/mol. The van der Waals surface area contributed by atoms with Gasteiger partial charge in [-0.15, -0.1) is 11.3 Å². The average Bonchev–Trinajstić information content (AvgIpc) is 3.12. The second-order valence-electron chi connectivity index (χ2n) is 8.98. The lowest BCUT2D eigenvalue weighted by molar-refractivity contribution is -0.123. The Morgan fingerprint density at radius 3 is 2.82 bits per heavy atom. The Morgan fingerprint density at radius 2 is 2.04 bits per heavy atom. The summed E-state index contributed by atoms with van der Waals surface area (Å²) in [4.78, 5) is 17.4. The Labute approximate surface area is 170 Å². The lowest BCUT2D eigenvalue weighted by Gasteiger charge is -2.34. The van der Waals surface area contributed by atoms with Gasteiger partial charge >= 0.3 is 0 Å². The summed E-state index contributed by atoms with van der Waals surface area (Å²) in [6.45, 7) is 7.39. The Kier molecular flexibility index (Phi) is 5.05. The molecule has 0 bridgehead atoms. The molecule has 5 rings (SSSR count). The van der Waals surface area contributed by atoms with E-state index in [1.807, 2.05) is 6.07 Å². The molecule has 2 aliphatic carbocycles. The van der Waals surface area contributed by atoms with Crippen LogP contribution in [0.15, 0.2) is 16.0 Å². The van der Waals surface area contributed by atoms with Gasteiger partial charge in [0.15, 0.2) is 11.4 Å².